The number of aromatic nitrogens is 8. The first-order valence-electron chi connectivity index (χ1n) is 19.8. The highest BCUT2D eigenvalue weighted by atomic mass is 79.9. The quantitative estimate of drug-likeness (QED) is 0.0906. The van der Waals surface area contributed by atoms with Gasteiger partial charge in [-0.3, -0.25) is 0 Å². The molecule has 2 aliphatic heterocycles. The number of ether oxygens (including phenoxy) is 2. The van der Waals surface area contributed by atoms with Gasteiger partial charge in [0, 0.05) is 55.5 Å². The van der Waals surface area contributed by atoms with E-state index in [9.17, 15) is 4.79 Å². The van der Waals surface area contributed by atoms with Gasteiger partial charge in [0.25, 0.3) is 0 Å². The van der Waals surface area contributed by atoms with Crippen LogP contribution < -0.4 is 4.74 Å². The zero-order valence-corrected chi connectivity index (χ0v) is 36.0. The minimum atomic E-state index is -1.86. The summed E-state index contributed by atoms with van der Waals surface area (Å²) in [6, 6.07) is 35.7. The summed E-state index contributed by atoms with van der Waals surface area (Å²) in [6.07, 6.45) is 0.293. The number of rotatable bonds is 7. The molecule has 0 saturated heterocycles. The van der Waals surface area contributed by atoms with Crippen LogP contribution in [-0.2, 0) is 4.74 Å². The second-order valence-corrected chi connectivity index (χ2v) is 16.6. The van der Waals surface area contributed by atoms with Crippen molar-refractivity contribution in [1.29, 1.82) is 0 Å². The van der Waals surface area contributed by atoms with Gasteiger partial charge >= 0.3 is 5.97 Å². The Kier molecular flexibility index (Phi) is 9.76. The number of esters is 1. The molecule has 0 fully saturated rings. The molecule has 16 heteroatoms. The van der Waals surface area contributed by atoms with Crippen LogP contribution in [0.3, 0.4) is 0 Å². The van der Waals surface area contributed by atoms with Crippen LogP contribution in [0.2, 0.25) is 0 Å². The summed E-state index contributed by atoms with van der Waals surface area (Å²) in [5.41, 5.74) is 3.48. The van der Waals surface area contributed by atoms with Crippen molar-refractivity contribution in [2.45, 2.75) is 11.4 Å². The van der Waals surface area contributed by atoms with Crippen molar-refractivity contribution in [2.24, 2.45) is 0 Å². The molecule has 0 spiro atoms. The number of H-pyrrole nitrogens is 2. The van der Waals surface area contributed by atoms with E-state index in [-0.39, 0.29) is 11.3 Å². The van der Waals surface area contributed by atoms with E-state index in [2.05, 4.69) is 41.8 Å². The highest BCUT2D eigenvalue weighted by Crippen LogP contribution is 2.44. The van der Waals surface area contributed by atoms with Gasteiger partial charge in [0.2, 0.25) is 0 Å². The highest BCUT2D eigenvalue weighted by molar-refractivity contribution is 9.10. The number of fused-ring (bicyclic) bond motifs is 20. The highest BCUT2D eigenvalue weighted by Gasteiger charge is 2.33. The number of halogens is 5. The van der Waals surface area contributed by atoms with Crippen molar-refractivity contribution in [3.8, 4) is 68.2 Å². The molecule has 0 aliphatic carbocycles. The SMILES string of the molecule is O=C(OC(Br)CCBr)c1c(F)c(F)c(F)c(-c2ccccc2)c1Oc1ccc2c3nc4nc(nc5[nH]c(nc6nc(nc([nH]3)c2c1)-c1ccccc1-6)c1ccccc51)-c1ccccc1-4. The fraction of sp³-hybridized carbons (Fsp3) is 0.0625. The Bertz CT molecular complexity index is 3580. The number of nitrogens with zero attached hydrogens (tertiary/aromatic N) is 6. The van der Waals surface area contributed by atoms with Gasteiger partial charge < -0.3 is 19.4 Å². The smallest absolute Gasteiger partial charge is 0.346 e. The number of carbonyl (C=O) groups is 1. The number of benzene rings is 6. The molecule has 11 nitrogen and oxygen atoms in total. The Balaban J connectivity index is 1.18. The topological polar surface area (TPSA) is 144 Å². The summed E-state index contributed by atoms with van der Waals surface area (Å²) in [5.74, 6) is -5.42. The van der Waals surface area contributed by atoms with Crippen LogP contribution in [0.5, 0.6) is 11.5 Å². The summed E-state index contributed by atoms with van der Waals surface area (Å²) >= 11 is 6.53. The number of aromatic amines is 2. The molecule has 9 aromatic rings. The average molecular weight is 981 g/mol. The number of carbonyl (C=O) groups excluding carboxylic acids is 1. The summed E-state index contributed by atoms with van der Waals surface area (Å²) in [5, 5.41) is 2.26. The first-order valence-corrected chi connectivity index (χ1v) is 21.9. The van der Waals surface area contributed by atoms with Crippen molar-refractivity contribution in [2.75, 3.05) is 5.33 Å². The Labute approximate surface area is 376 Å². The van der Waals surface area contributed by atoms with Crippen molar-refractivity contribution < 1.29 is 27.4 Å². The van der Waals surface area contributed by atoms with Crippen molar-refractivity contribution in [3.05, 3.63) is 144 Å². The lowest BCUT2D eigenvalue weighted by Crippen LogP contribution is -2.17. The van der Waals surface area contributed by atoms with Crippen LogP contribution in [0.1, 0.15) is 16.8 Å². The Morgan fingerprint density at radius 1 is 0.562 bits per heavy atom. The molecule has 1 unspecified atom stereocenters. The molecule has 64 heavy (non-hydrogen) atoms. The third-order valence-corrected chi connectivity index (χ3v) is 12.0. The largest absolute Gasteiger partial charge is 0.456 e. The predicted octanol–water partition coefficient (Wildman–Crippen LogP) is 12.4. The number of hydrogen-bond donors (Lipinski definition) is 2. The van der Waals surface area contributed by atoms with Crippen LogP contribution in [0, 0.1) is 17.5 Å². The molecule has 11 rings (SSSR count). The number of hydrogen-bond acceptors (Lipinski definition) is 9. The lowest BCUT2D eigenvalue weighted by molar-refractivity contribution is 0.0456. The van der Waals surface area contributed by atoms with Crippen LogP contribution >= 0.6 is 31.9 Å². The van der Waals surface area contributed by atoms with E-state index in [1.54, 1.807) is 36.4 Å². The second-order valence-electron chi connectivity index (χ2n) is 14.7. The molecule has 5 heterocycles. The van der Waals surface area contributed by atoms with E-state index in [0.717, 1.165) is 27.5 Å². The van der Waals surface area contributed by atoms with Crippen molar-refractivity contribution in [1.82, 2.24) is 39.9 Å². The fourth-order valence-corrected chi connectivity index (χ4v) is 9.34. The van der Waals surface area contributed by atoms with Gasteiger partial charge in [-0.2, -0.15) is 0 Å². The molecule has 1 atom stereocenters. The van der Waals surface area contributed by atoms with Crippen LogP contribution in [0.4, 0.5) is 13.2 Å². The third-order valence-electron chi connectivity index (χ3n) is 10.9. The maximum atomic E-state index is 16.0. The number of nitrogens with one attached hydrogen (secondary N) is 2. The summed E-state index contributed by atoms with van der Waals surface area (Å²) in [6.45, 7) is 0. The third kappa shape index (κ3) is 6.68. The molecule has 2 N–H and O–H groups in total. The van der Waals surface area contributed by atoms with Gasteiger partial charge in [0.1, 0.15) is 33.9 Å². The molecule has 312 valence electrons. The normalized spacial score (nSPS) is 12.3. The molecule has 0 amide bonds. The molecule has 3 aromatic heterocycles. The Hall–Kier alpha value is -7.30. The van der Waals surface area contributed by atoms with Gasteiger partial charge in [0.15, 0.2) is 51.5 Å². The van der Waals surface area contributed by atoms with E-state index >= 15 is 13.2 Å². The average Bonchev–Trinajstić information content (AvgIpc) is 4.04. The van der Waals surface area contributed by atoms with Crippen LogP contribution in [0.15, 0.2) is 121 Å². The van der Waals surface area contributed by atoms with E-state index in [1.165, 1.54) is 12.1 Å². The lowest BCUT2D eigenvalue weighted by Gasteiger charge is -2.19. The van der Waals surface area contributed by atoms with E-state index < -0.39 is 45.3 Å². The van der Waals surface area contributed by atoms with E-state index in [1.807, 2.05) is 72.8 Å². The summed E-state index contributed by atoms with van der Waals surface area (Å²) in [4.78, 5) is 50.5. The Morgan fingerprint density at radius 3 is 1.55 bits per heavy atom. The van der Waals surface area contributed by atoms with Crippen molar-refractivity contribution in [3.63, 3.8) is 0 Å². The van der Waals surface area contributed by atoms with Gasteiger partial charge in [-0.15, -0.1) is 0 Å². The van der Waals surface area contributed by atoms with E-state index in [0.29, 0.717) is 74.0 Å². The van der Waals surface area contributed by atoms with Gasteiger partial charge in [-0.25, -0.2) is 47.9 Å². The predicted molar refractivity (Wildman–Crippen MR) is 244 cm³/mol. The fourth-order valence-electron chi connectivity index (χ4n) is 7.91. The Morgan fingerprint density at radius 2 is 1.03 bits per heavy atom. The maximum Gasteiger partial charge on any atom is 0.346 e. The molecule has 6 aromatic carbocycles. The van der Waals surface area contributed by atoms with Gasteiger partial charge in [0.05, 0.1) is 5.56 Å². The molecule has 0 saturated carbocycles. The van der Waals surface area contributed by atoms with Crippen LogP contribution in [-0.4, -0.2) is 56.2 Å². The number of alkyl halides is 2. The zero-order valence-electron chi connectivity index (χ0n) is 32.8. The van der Waals surface area contributed by atoms with Gasteiger partial charge in [-0.1, -0.05) is 119 Å². The molecular formula is C48H27Br2F3N8O3. The minimum absolute atomic E-state index is 0.0241. The first-order chi connectivity index (χ1) is 31.2. The zero-order chi connectivity index (χ0) is 43.6. The summed E-state index contributed by atoms with van der Waals surface area (Å²) in [7, 11) is 0. The van der Waals surface area contributed by atoms with E-state index in [4.69, 9.17) is 39.4 Å². The van der Waals surface area contributed by atoms with Crippen LogP contribution in [0.25, 0.3) is 101 Å². The first kappa shape index (κ1) is 39.5. The molecular weight excluding hydrogens is 953 g/mol. The molecule has 2 aliphatic rings. The van der Waals surface area contributed by atoms with Crippen molar-refractivity contribution >= 4 is 82.0 Å². The second kappa shape index (κ2) is 15.8. The lowest BCUT2D eigenvalue weighted by atomic mass is 9.99. The maximum absolute atomic E-state index is 16.0. The standard InChI is InChI=1S/C48H27Br2F3N8O3/c49-21-20-33(50)64-48(62)35-37(52)38(53)36(51)34(23-10-2-1-3-11-23)39(35)63-24-18-19-31-32(22-24)47-60-45-30-17-9-8-16-29(30)43(58-45)56-41-26-13-5-4-12-25(26)40(54-41)55-42-27-14-6-7-15-28(27)44(57-42)59-46(31)61-47/h1-19,22,33H,20-21H2,(H2,54,55,56,57,58,59,60,61). The molecule has 0 radical (unpaired) electrons. The molecule has 8 bridgehead atoms. The summed E-state index contributed by atoms with van der Waals surface area (Å²) < 4.78 is 59.2. The monoisotopic (exact) mass is 978 g/mol. The van der Waals surface area contributed by atoms with Gasteiger partial charge in [-0.05, 0) is 39.7 Å². The minimum Gasteiger partial charge on any atom is -0.456 e.